The quantitative estimate of drug-likeness (QED) is 0.803. The summed E-state index contributed by atoms with van der Waals surface area (Å²) in [5, 5.41) is 4.70. The maximum Gasteiger partial charge on any atom is 0.241 e. The van der Waals surface area contributed by atoms with Gasteiger partial charge in [-0.2, -0.15) is 0 Å². The Bertz CT molecular complexity index is 507. The minimum Gasteiger partial charge on any atom is -0.378 e. The highest BCUT2D eigenvalue weighted by molar-refractivity contribution is 7.89. The number of thiophene rings is 1. The van der Waals surface area contributed by atoms with E-state index in [1.807, 2.05) is 7.05 Å². The number of hydrogen-bond acceptors (Lipinski definition) is 5. The van der Waals surface area contributed by atoms with Crippen molar-refractivity contribution in [2.75, 3.05) is 20.2 Å². The summed E-state index contributed by atoms with van der Waals surface area (Å²) in [5.74, 6) is 0. The molecule has 1 fully saturated rings. The first-order valence-electron chi connectivity index (χ1n) is 6.95. The topological polar surface area (TPSA) is 67.4 Å². The average molecular weight is 318 g/mol. The summed E-state index contributed by atoms with van der Waals surface area (Å²) >= 11 is 1.46. The molecule has 1 aromatic heterocycles. The van der Waals surface area contributed by atoms with Gasteiger partial charge in [-0.15, -0.1) is 11.3 Å². The predicted molar refractivity (Wildman–Crippen MR) is 80.5 cm³/mol. The van der Waals surface area contributed by atoms with Crippen molar-refractivity contribution < 1.29 is 13.2 Å². The molecule has 2 rings (SSSR count). The maximum atomic E-state index is 12.1. The third-order valence-corrected chi connectivity index (χ3v) is 5.85. The molecule has 0 amide bonds. The molecule has 0 aliphatic carbocycles. The molecule has 0 spiro atoms. The molecule has 0 bridgehead atoms. The highest BCUT2D eigenvalue weighted by Gasteiger charge is 2.18. The van der Waals surface area contributed by atoms with Crippen molar-refractivity contribution in [1.29, 1.82) is 0 Å². The van der Waals surface area contributed by atoms with E-state index < -0.39 is 10.0 Å². The third kappa shape index (κ3) is 4.53. The molecule has 5 nitrogen and oxygen atoms in total. The van der Waals surface area contributed by atoms with Crippen LogP contribution in [0.25, 0.3) is 0 Å². The molecular weight excluding hydrogens is 296 g/mol. The van der Waals surface area contributed by atoms with Gasteiger partial charge in [0, 0.05) is 30.0 Å². The van der Waals surface area contributed by atoms with E-state index in [0.29, 0.717) is 18.0 Å². The van der Waals surface area contributed by atoms with Crippen LogP contribution < -0.4 is 10.0 Å². The first kappa shape index (κ1) is 15.9. The van der Waals surface area contributed by atoms with E-state index in [4.69, 9.17) is 4.74 Å². The highest BCUT2D eigenvalue weighted by atomic mass is 32.2. The van der Waals surface area contributed by atoms with Crippen LogP contribution in [-0.2, 0) is 21.3 Å². The minimum atomic E-state index is -3.38. The van der Waals surface area contributed by atoms with Gasteiger partial charge in [-0.3, -0.25) is 0 Å². The molecule has 1 aromatic rings. The molecule has 7 heteroatoms. The molecule has 0 saturated carbocycles. The fraction of sp³-hybridized carbons (Fsp3) is 0.692. The number of nitrogens with one attached hydrogen (secondary N) is 2. The molecule has 0 aromatic carbocycles. The van der Waals surface area contributed by atoms with E-state index in [-0.39, 0.29) is 6.10 Å². The smallest absolute Gasteiger partial charge is 0.241 e. The molecule has 1 aliphatic heterocycles. The summed E-state index contributed by atoms with van der Waals surface area (Å²) in [6, 6.07) is 1.72. The van der Waals surface area contributed by atoms with Gasteiger partial charge in [-0.05, 0) is 38.8 Å². The summed E-state index contributed by atoms with van der Waals surface area (Å²) in [5.41, 5.74) is 0. The standard InChI is InChI=1S/C13H22N2O3S2/c1-14-9-12-8-13(10-19-12)20(16,17)15-6-5-11-4-2-3-7-18-11/h8,10-11,14-15H,2-7,9H2,1H3. The number of sulfonamides is 1. The average Bonchev–Trinajstić information content (AvgIpc) is 2.90. The Kier molecular flexibility index (Phi) is 5.98. The van der Waals surface area contributed by atoms with E-state index >= 15 is 0 Å². The molecular formula is C13H22N2O3S2. The van der Waals surface area contributed by atoms with Gasteiger partial charge < -0.3 is 10.1 Å². The number of rotatable bonds is 7. The second kappa shape index (κ2) is 7.51. The van der Waals surface area contributed by atoms with E-state index in [2.05, 4.69) is 10.0 Å². The Hall–Kier alpha value is -0.470. The zero-order valence-electron chi connectivity index (χ0n) is 11.7. The van der Waals surface area contributed by atoms with Gasteiger partial charge in [0.25, 0.3) is 0 Å². The van der Waals surface area contributed by atoms with Gasteiger partial charge in [0.1, 0.15) is 0 Å². The highest BCUT2D eigenvalue weighted by Crippen LogP contribution is 2.19. The second-order valence-electron chi connectivity index (χ2n) is 4.95. The van der Waals surface area contributed by atoms with Gasteiger partial charge >= 0.3 is 0 Å². The Morgan fingerprint density at radius 2 is 2.30 bits per heavy atom. The van der Waals surface area contributed by atoms with Crippen molar-refractivity contribution in [3.8, 4) is 0 Å². The van der Waals surface area contributed by atoms with Crippen molar-refractivity contribution in [3.05, 3.63) is 16.3 Å². The summed E-state index contributed by atoms with van der Waals surface area (Å²) in [4.78, 5) is 1.38. The van der Waals surface area contributed by atoms with E-state index in [0.717, 1.165) is 30.7 Å². The lowest BCUT2D eigenvalue weighted by Gasteiger charge is -2.22. The Balaban J connectivity index is 1.83. The third-order valence-electron chi connectivity index (χ3n) is 3.32. The fourth-order valence-electron chi connectivity index (χ4n) is 2.24. The zero-order chi connectivity index (χ0) is 14.4. The van der Waals surface area contributed by atoms with Crippen molar-refractivity contribution >= 4 is 21.4 Å². The number of hydrogen-bond donors (Lipinski definition) is 2. The molecule has 1 unspecified atom stereocenters. The lowest BCUT2D eigenvalue weighted by atomic mass is 10.1. The summed E-state index contributed by atoms with van der Waals surface area (Å²) < 4.78 is 32.5. The minimum absolute atomic E-state index is 0.203. The second-order valence-corrected chi connectivity index (χ2v) is 7.72. The molecule has 1 saturated heterocycles. The zero-order valence-corrected chi connectivity index (χ0v) is 13.4. The molecule has 2 heterocycles. The lowest BCUT2D eigenvalue weighted by molar-refractivity contribution is 0.0123. The first-order chi connectivity index (χ1) is 9.62. The monoisotopic (exact) mass is 318 g/mol. The SMILES string of the molecule is CNCc1cc(S(=O)(=O)NCCC2CCCCO2)cs1. The Morgan fingerprint density at radius 1 is 1.45 bits per heavy atom. The van der Waals surface area contributed by atoms with Crippen molar-refractivity contribution in [3.63, 3.8) is 0 Å². The van der Waals surface area contributed by atoms with Crippen LogP contribution in [0.4, 0.5) is 0 Å². The van der Waals surface area contributed by atoms with Gasteiger partial charge in [-0.1, -0.05) is 0 Å². The normalized spacial score (nSPS) is 20.1. The van der Waals surface area contributed by atoms with Gasteiger partial charge in [-0.25, -0.2) is 13.1 Å². The fourth-order valence-corrected chi connectivity index (χ4v) is 4.58. The van der Waals surface area contributed by atoms with Crippen LogP contribution in [0, 0.1) is 0 Å². The maximum absolute atomic E-state index is 12.1. The Morgan fingerprint density at radius 3 is 3.00 bits per heavy atom. The molecule has 1 atom stereocenters. The number of ether oxygens (including phenoxy) is 1. The van der Waals surface area contributed by atoms with Gasteiger partial charge in [0.05, 0.1) is 11.0 Å². The van der Waals surface area contributed by atoms with Gasteiger partial charge in [0.2, 0.25) is 10.0 Å². The molecule has 0 radical (unpaired) electrons. The van der Waals surface area contributed by atoms with Crippen LogP contribution in [0.2, 0.25) is 0 Å². The summed E-state index contributed by atoms with van der Waals surface area (Å²) in [6.07, 6.45) is 4.27. The first-order valence-corrected chi connectivity index (χ1v) is 9.31. The Labute approximate surface area is 124 Å². The largest absolute Gasteiger partial charge is 0.378 e. The summed E-state index contributed by atoms with van der Waals surface area (Å²) in [7, 11) is -1.54. The molecule has 114 valence electrons. The molecule has 2 N–H and O–H groups in total. The van der Waals surface area contributed by atoms with Crippen LogP contribution in [0.1, 0.15) is 30.6 Å². The van der Waals surface area contributed by atoms with E-state index in [1.54, 1.807) is 11.4 Å². The van der Waals surface area contributed by atoms with Crippen LogP contribution in [-0.4, -0.2) is 34.7 Å². The lowest BCUT2D eigenvalue weighted by Crippen LogP contribution is -2.29. The van der Waals surface area contributed by atoms with Crippen LogP contribution in [0.15, 0.2) is 16.3 Å². The van der Waals surface area contributed by atoms with Crippen LogP contribution in [0.3, 0.4) is 0 Å². The predicted octanol–water partition coefficient (Wildman–Crippen LogP) is 1.70. The molecule has 1 aliphatic rings. The van der Waals surface area contributed by atoms with Crippen LogP contribution in [0.5, 0.6) is 0 Å². The van der Waals surface area contributed by atoms with E-state index in [9.17, 15) is 8.42 Å². The molecule has 20 heavy (non-hydrogen) atoms. The summed E-state index contributed by atoms with van der Waals surface area (Å²) in [6.45, 7) is 1.93. The van der Waals surface area contributed by atoms with Crippen molar-refractivity contribution in [1.82, 2.24) is 10.0 Å². The van der Waals surface area contributed by atoms with Crippen molar-refractivity contribution in [2.45, 2.75) is 43.2 Å². The van der Waals surface area contributed by atoms with E-state index in [1.165, 1.54) is 17.8 Å². The van der Waals surface area contributed by atoms with Gasteiger partial charge in [0.15, 0.2) is 0 Å². The van der Waals surface area contributed by atoms with Crippen molar-refractivity contribution in [2.24, 2.45) is 0 Å². The van der Waals surface area contributed by atoms with Crippen LogP contribution >= 0.6 is 11.3 Å².